The molecule has 1 N–H and O–H groups in total. The zero-order valence-electron chi connectivity index (χ0n) is 18.4. The van der Waals surface area contributed by atoms with E-state index < -0.39 is 34.0 Å². The van der Waals surface area contributed by atoms with Crippen molar-refractivity contribution in [2.45, 2.75) is 36.8 Å². The van der Waals surface area contributed by atoms with Crippen LogP contribution in [0.5, 0.6) is 11.5 Å². The van der Waals surface area contributed by atoms with Gasteiger partial charge in [0.15, 0.2) is 17.6 Å². The summed E-state index contributed by atoms with van der Waals surface area (Å²) in [6.45, 7) is 2.23. The molecule has 11 heteroatoms. The van der Waals surface area contributed by atoms with Crippen molar-refractivity contribution in [3.8, 4) is 17.6 Å². The van der Waals surface area contributed by atoms with E-state index in [1.165, 1.54) is 25.1 Å². The maximum absolute atomic E-state index is 13.3. The van der Waals surface area contributed by atoms with Crippen LogP contribution in [-0.4, -0.2) is 56.5 Å². The van der Waals surface area contributed by atoms with Gasteiger partial charge in [-0.2, -0.15) is 9.57 Å². The van der Waals surface area contributed by atoms with E-state index in [2.05, 4.69) is 5.32 Å². The number of benzene rings is 2. The minimum absolute atomic E-state index is 0.0182. The number of nitriles is 1. The molecule has 1 amide bonds. The lowest BCUT2D eigenvalue weighted by Gasteiger charge is -2.25. The molecule has 1 fully saturated rings. The molecule has 0 unspecified atom stereocenters. The van der Waals surface area contributed by atoms with E-state index in [0.29, 0.717) is 36.8 Å². The largest absolute Gasteiger partial charge is 0.486 e. The van der Waals surface area contributed by atoms with Gasteiger partial charge in [-0.05, 0) is 44.0 Å². The van der Waals surface area contributed by atoms with Crippen LogP contribution in [0.2, 0.25) is 0 Å². The molecule has 10 nitrogen and oxygen atoms in total. The van der Waals surface area contributed by atoms with Gasteiger partial charge in [-0.15, -0.1) is 0 Å². The highest BCUT2D eigenvalue weighted by atomic mass is 32.2. The topological polar surface area (TPSA) is 135 Å². The highest BCUT2D eigenvalue weighted by molar-refractivity contribution is 7.89. The molecule has 0 radical (unpaired) electrons. The molecular formula is C23H23N3O7S. The Morgan fingerprint density at radius 1 is 1.18 bits per heavy atom. The number of nitrogens with zero attached hydrogens (tertiary/aromatic N) is 2. The Balaban J connectivity index is 1.45. The average molecular weight is 486 g/mol. The lowest BCUT2D eigenvalue weighted by atomic mass is 10.2. The number of sulfonamides is 1. The molecule has 0 saturated carbocycles. The number of fused-ring (bicyclic) bond motifs is 1. The smallest absolute Gasteiger partial charge is 0.325 e. The van der Waals surface area contributed by atoms with Gasteiger partial charge in [0, 0.05) is 12.6 Å². The Hall–Kier alpha value is -3.62. The van der Waals surface area contributed by atoms with E-state index in [4.69, 9.17) is 19.5 Å². The van der Waals surface area contributed by atoms with E-state index in [1.807, 2.05) is 6.07 Å². The summed E-state index contributed by atoms with van der Waals surface area (Å²) in [7, 11) is -4.02. The third-order valence-corrected chi connectivity index (χ3v) is 7.47. The normalized spacial score (nSPS) is 18.5. The second-order valence-corrected chi connectivity index (χ2v) is 9.70. The summed E-state index contributed by atoms with van der Waals surface area (Å²) in [5.74, 6) is -0.654. The van der Waals surface area contributed by atoms with Crippen LogP contribution >= 0.6 is 0 Å². The maximum Gasteiger partial charge on any atom is 0.325 e. The van der Waals surface area contributed by atoms with E-state index in [1.54, 1.807) is 24.3 Å². The number of carbonyl (C=O) groups excluding carboxylic acids is 2. The predicted molar refractivity (Wildman–Crippen MR) is 120 cm³/mol. The Morgan fingerprint density at radius 2 is 1.91 bits per heavy atom. The van der Waals surface area contributed by atoms with Crippen LogP contribution in [0, 0.1) is 11.3 Å². The van der Waals surface area contributed by atoms with Crippen LogP contribution in [0.3, 0.4) is 0 Å². The summed E-state index contributed by atoms with van der Waals surface area (Å²) in [6.07, 6.45) is -0.452. The number of rotatable bonds is 6. The van der Waals surface area contributed by atoms with Gasteiger partial charge in [0.25, 0.3) is 5.91 Å². The molecule has 2 aliphatic rings. The second-order valence-electron chi connectivity index (χ2n) is 7.81. The lowest BCUT2D eigenvalue weighted by molar-refractivity contribution is -0.156. The third-order valence-electron chi connectivity index (χ3n) is 5.56. The van der Waals surface area contributed by atoms with E-state index in [9.17, 15) is 18.0 Å². The Labute approximate surface area is 197 Å². The molecule has 1 saturated heterocycles. The minimum atomic E-state index is -4.02. The van der Waals surface area contributed by atoms with Gasteiger partial charge in [-0.1, -0.05) is 12.1 Å². The Kier molecular flexibility index (Phi) is 6.72. The fourth-order valence-electron chi connectivity index (χ4n) is 3.81. The molecule has 2 aliphatic heterocycles. The summed E-state index contributed by atoms with van der Waals surface area (Å²) < 4.78 is 43.9. The first-order valence-corrected chi connectivity index (χ1v) is 12.2. The molecule has 2 heterocycles. The highest BCUT2D eigenvalue weighted by Gasteiger charge is 2.41. The molecule has 0 aromatic heterocycles. The van der Waals surface area contributed by atoms with Gasteiger partial charge < -0.3 is 19.5 Å². The lowest BCUT2D eigenvalue weighted by Crippen LogP contribution is -2.43. The van der Waals surface area contributed by atoms with Crippen LogP contribution in [-0.2, 0) is 24.3 Å². The molecule has 34 heavy (non-hydrogen) atoms. The number of esters is 1. The van der Waals surface area contributed by atoms with Crippen LogP contribution in [0.4, 0.5) is 5.69 Å². The zero-order chi connectivity index (χ0) is 24.3. The Bertz CT molecular complexity index is 1260. The number of amides is 1. The summed E-state index contributed by atoms with van der Waals surface area (Å²) in [5.41, 5.74) is 0.559. The molecule has 0 aliphatic carbocycles. The first-order chi connectivity index (χ1) is 16.3. The van der Waals surface area contributed by atoms with Gasteiger partial charge in [-0.25, -0.2) is 8.42 Å². The SMILES string of the molecule is C[C@H](OC(=O)[C@H]1CCCN1S(=O)(=O)c1ccc2c(c1)OCCO2)C(=O)Nc1ccccc1C#N. The number of hydrogen-bond donors (Lipinski definition) is 1. The number of carbonyl (C=O) groups is 2. The molecule has 4 rings (SSSR count). The number of anilines is 1. The van der Waals surface area contributed by atoms with Crippen molar-refractivity contribution in [3.63, 3.8) is 0 Å². The van der Waals surface area contributed by atoms with Gasteiger partial charge in [0.05, 0.1) is 16.1 Å². The molecule has 0 spiro atoms. The quantitative estimate of drug-likeness (QED) is 0.614. The van der Waals surface area contributed by atoms with E-state index >= 15 is 0 Å². The number of para-hydroxylation sites is 1. The van der Waals surface area contributed by atoms with Crippen molar-refractivity contribution in [1.82, 2.24) is 4.31 Å². The van der Waals surface area contributed by atoms with Crippen molar-refractivity contribution in [1.29, 1.82) is 5.26 Å². The summed E-state index contributed by atoms with van der Waals surface area (Å²) in [6, 6.07) is 11.7. The fraction of sp³-hybridized carbons (Fsp3) is 0.348. The third kappa shape index (κ3) is 4.69. The molecule has 0 bridgehead atoms. The second kappa shape index (κ2) is 9.70. The minimum Gasteiger partial charge on any atom is -0.486 e. The van der Waals surface area contributed by atoms with Crippen molar-refractivity contribution in [2.24, 2.45) is 0 Å². The van der Waals surface area contributed by atoms with Gasteiger partial charge in [0.2, 0.25) is 10.0 Å². The number of hydrogen-bond acceptors (Lipinski definition) is 8. The first-order valence-electron chi connectivity index (χ1n) is 10.7. The van der Waals surface area contributed by atoms with Gasteiger partial charge >= 0.3 is 5.97 Å². The molecular weight excluding hydrogens is 462 g/mol. The number of nitrogens with one attached hydrogen (secondary N) is 1. The van der Waals surface area contributed by atoms with Crippen molar-refractivity contribution in [3.05, 3.63) is 48.0 Å². The van der Waals surface area contributed by atoms with Crippen molar-refractivity contribution >= 4 is 27.6 Å². The standard InChI is InChI=1S/C23H23N3O7S/c1-15(22(27)25-18-6-3-2-5-16(18)14-24)33-23(28)19-7-4-10-26(19)34(29,30)17-8-9-20-21(13-17)32-12-11-31-20/h2-3,5-6,8-9,13,15,19H,4,7,10-12H2,1H3,(H,25,27)/t15-,19+/m0/s1. The van der Waals surface area contributed by atoms with E-state index in [0.717, 1.165) is 4.31 Å². The van der Waals surface area contributed by atoms with Crippen LogP contribution in [0.15, 0.2) is 47.4 Å². The van der Waals surface area contributed by atoms with E-state index in [-0.39, 0.29) is 23.4 Å². The highest BCUT2D eigenvalue weighted by Crippen LogP contribution is 2.35. The van der Waals surface area contributed by atoms with Crippen LogP contribution in [0.1, 0.15) is 25.3 Å². The predicted octanol–water partition coefficient (Wildman–Crippen LogP) is 2.05. The maximum atomic E-state index is 13.3. The Morgan fingerprint density at radius 3 is 2.68 bits per heavy atom. The number of ether oxygens (including phenoxy) is 3. The summed E-state index contributed by atoms with van der Waals surface area (Å²) in [4.78, 5) is 25.3. The van der Waals surface area contributed by atoms with Crippen molar-refractivity contribution in [2.75, 3.05) is 25.1 Å². The molecule has 2 aromatic rings. The molecule has 2 aromatic carbocycles. The van der Waals surface area contributed by atoms with Gasteiger partial charge in [-0.3, -0.25) is 9.59 Å². The average Bonchev–Trinajstić information content (AvgIpc) is 3.35. The fourth-order valence-corrected chi connectivity index (χ4v) is 5.48. The molecule has 178 valence electrons. The summed E-state index contributed by atoms with van der Waals surface area (Å²) >= 11 is 0. The van der Waals surface area contributed by atoms with Crippen LogP contribution in [0.25, 0.3) is 0 Å². The molecule has 2 atom stereocenters. The van der Waals surface area contributed by atoms with Crippen LogP contribution < -0.4 is 14.8 Å². The first kappa shape index (κ1) is 23.5. The summed E-state index contributed by atoms with van der Waals surface area (Å²) in [5, 5.41) is 11.7. The van der Waals surface area contributed by atoms with Gasteiger partial charge in [0.1, 0.15) is 25.3 Å². The zero-order valence-corrected chi connectivity index (χ0v) is 19.2. The van der Waals surface area contributed by atoms with Crippen molar-refractivity contribution < 1.29 is 32.2 Å². The monoisotopic (exact) mass is 485 g/mol.